The Balaban J connectivity index is 1.73. The number of nitrogens with zero attached hydrogens (tertiary/aromatic N) is 2. The van der Waals surface area contributed by atoms with Gasteiger partial charge in [-0.05, 0) is 52.4 Å². The maximum absolute atomic E-state index is 12.6. The highest BCUT2D eigenvalue weighted by atomic mass is 127. The van der Waals surface area contributed by atoms with Crippen molar-refractivity contribution in [3.8, 4) is 11.5 Å². The van der Waals surface area contributed by atoms with Crippen LogP contribution < -0.4 is 14.8 Å². The van der Waals surface area contributed by atoms with Crippen molar-refractivity contribution in [2.24, 2.45) is 0 Å². The molecule has 1 aromatic heterocycles. The van der Waals surface area contributed by atoms with E-state index in [1.807, 2.05) is 35.0 Å². The average Bonchev–Trinajstić information content (AvgIpc) is 3.16. The number of anilines is 1. The molecule has 7 heteroatoms. The topological polar surface area (TPSA) is 65.4 Å². The molecule has 1 heterocycles. The maximum atomic E-state index is 12.6. The summed E-state index contributed by atoms with van der Waals surface area (Å²) in [5.74, 6) is 0.920. The van der Waals surface area contributed by atoms with Crippen molar-refractivity contribution >= 4 is 34.2 Å². The molecule has 0 aliphatic rings. The second-order valence-corrected chi connectivity index (χ2v) is 6.74. The van der Waals surface area contributed by atoms with E-state index < -0.39 is 0 Å². The molecule has 0 radical (unpaired) electrons. The fourth-order valence-corrected chi connectivity index (χ4v) is 3.19. The van der Waals surface area contributed by atoms with E-state index >= 15 is 0 Å². The minimum Gasteiger partial charge on any atom is -0.493 e. The fraction of sp³-hybridized carbons (Fsp3) is 0.158. The summed E-state index contributed by atoms with van der Waals surface area (Å²) in [7, 11) is 3.12. The largest absolute Gasteiger partial charge is 0.493 e. The van der Waals surface area contributed by atoms with Crippen LogP contribution in [0.5, 0.6) is 11.5 Å². The number of imidazole rings is 1. The number of nitrogens with one attached hydrogen (secondary N) is 1. The molecule has 0 aliphatic carbocycles. The minimum atomic E-state index is -0.197. The van der Waals surface area contributed by atoms with Gasteiger partial charge in [-0.15, -0.1) is 0 Å². The number of carbonyl (C=O) groups excluding carboxylic acids is 1. The van der Waals surface area contributed by atoms with Crippen LogP contribution in [0.1, 0.15) is 15.9 Å². The highest BCUT2D eigenvalue weighted by Crippen LogP contribution is 2.31. The first kappa shape index (κ1) is 18.2. The van der Waals surface area contributed by atoms with Gasteiger partial charge in [0.2, 0.25) is 0 Å². The molecule has 1 N–H and O–H groups in total. The number of ether oxygens (including phenoxy) is 2. The molecule has 0 aliphatic heterocycles. The SMILES string of the molecule is COc1cc(I)c(C(=O)Nc2ccc(Cn3ccnc3)cc2)cc1OC. The van der Waals surface area contributed by atoms with Crippen molar-refractivity contribution < 1.29 is 14.3 Å². The van der Waals surface area contributed by atoms with Crippen LogP contribution in [0.4, 0.5) is 5.69 Å². The molecule has 3 aromatic rings. The lowest BCUT2D eigenvalue weighted by molar-refractivity contribution is 0.102. The third-order valence-electron chi connectivity index (χ3n) is 3.85. The zero-order valence-corrected chi connectivity index (χ0v) is 16.6. The molecule has 26 heavy (non-hydrogen) atoms. The quantitative estimate of drug-likeness (QED) is 0.565. The van der Waals surface area contributed by atoms with Crippen LogP contribution in [0.3, 0.4) is 0 Å². The van der Waals surface area contributed by atoms with Gasteiger partial charge in [0.05, 0.1) is 26.1 Å². The predicted octanol–water partition coefficient (Wildman–Crippen LogP) is 3.81. The highest BCUT2D eigenvalue weighted by Gasteiger charge is 2.15. The van der Waals surface area contributed by atoms with E-state index in [1.165, 1.54) is 0 Å². The molecule has 0 saturated heterocycles. The Labute approximate surface area is 165 Å². The van der Waals surface area contributed by atoms with E-state index in [9.17, 15) is 4.79 Å². The van der Waals surface area contributed by atoms with Gasteiger partial charge >= 0.3 is 0 Å². The lowest BCUT2D eigenvalue weighted by Gasteiger charge is -2.12. The number of benzene rings is 2. The molecule has 1 amide bonds. The minimum absolute atomic E-state index is 0.197. The lowest BCUT2D eigenvalue weighted by atomic mass is 10.1. The van der Waals surface area contributed by atoms with Crippen LogP contribution in [0.15, 0.2) is 55.1 Å². The van der Waals surface area contributed by atoms with Crippen LogP contribution in [0, 0.1) is 3.57 Å². The molecule has 0 spiro atoms. The number of methoxy groups -OCH3 is 2. The first-order chi connectivity index (χ1) is 12.6. The Morgan fingerprint density at radius 2 is 1.85 bits per heavy atom. The number of aromatic nitrogens is 2. The average molecular weight is 463 g/mol. The van der Waals surface area contributed by atoms with Crippen LogP contribution in [-0.4, -0.2) is 29.7 Å². The maximum Gasteiger partial charge on any atom is 0.256 e. The summed E-state index contributed by atoms with van der Waals surface area (Å²) in [6.45, 7) is 0.738. The standard InChI is InChI=1S/C19H18IN3O3/c1-25-17-9-15(16(20)10-18(17)26-2)19(24)22-14-5-3-13(4-6-14)11-23-8-7-21-12-23/h3-10,12H,11H2,1-2H3,(H,22,24). The Morgan fingerprint density at radius 1 is 1.15 bits per heavy atom. The second-order valence-electron chi connectivity index (χ2n) is 5.57. The van der Waals surface area contributed by atoms with Crippen LogP contribution in [0.2, 0.25) is 0 Å². The van der Waals surface area contributed by atoms with E-state index in [1.54, 1.807) is 38.9 Å². The molecule has 0 bridgehead atoms. The molecule has 3 rings (SSSR count). The number of amides is 1. The first-order valence-corrected chi connectivity index (χ1v) is 8.96. The Kier molecular flexibility index (Phi) is 5.77. The summed E-state index contributed by atoms with van der Waals surface area (Å²) in [5, 5.41) is 2.91. The zero-order chi connectivity index (χ0) is 18.5. The Hall–Kier alpha value is -2.55. The molecule has 0 unspecified atom stereocenters. The number of carbonyl (C=O) groups is 1. The van der Waals surface area contributed by atoms with Crippen LogP contribution in [0.25, 0.3) is 0 Å². The summed E-state index contributed by atoms with van der Waals surface area (Å²) in [6, 6.07) is 11.2. The molecular formula is C19H18IN3O3. The zero-order valence-electron chi connectivity index (χ0n) is 14.4. The molecule has 6 nitrogen and oxygen atoms in total. The molecule has 0 atom stereocenters. The van der Waals surface area contributed by atoms with Crippen molar-refractivity contribution in [2.75, 3.05) is 19.5 Å². The van der Waals surface area contributed by atoms with Gasteiger partial charge in [-0.3, -0.25) is 4.79 Å². The summed E-state index contributed by atoms with van der Waals surface area (Å²) in [5.41, 5.74) is 2.39. The van der Waals surface area contributed by atoms with Gasteiger partial charge in [0.15, 0.2) is 11.5 Å². The van der Waals surface area contributed by atoms with Crippen molar-refractivity contribution in [3.63, 3.8) is 0 Å². The second kappa shape index (κ2) is 8.22. The number of rotatable bonds is 6. The molecule has 0 fully saturated rings. The lowest BCUT2D eigenvalue weighted by Crippen LogP contribution is -2.14. The van der Waals surface area contributed by atoms with E-state index in [-0.39, 0.29) is 5.91 Å². The van der Waals surface area contributed by atoms with Gasteiger partial charge in [0.1, 0.15) is 0 Å². The normalized spacial score (nSPS) is 10.4. The smallest absolute Gasteiger partial charge is 0.256 e. The van der Waals surface area contributed by atoms with E-state index in [2.05, 4.69) is 32.9 Å². The first-order valence-electron chi connectivity index (χ1n) is 7.88. The third kappa shape index (κ3) is 4.16. The van der Waals surface area contributed by atoms with Gasteiger partial charge in [-0.2, -0.15) is 0 Å². The van der Waals surface area contributed by atoms with E-state index in [0.29, 0.717) is 17.1 Å². The Bertz CT molecular complexity index is 893. The van der Waals surface area contributed by atoms with Gasteiger partial charge in [0, 0.05) is 28.2 Å². The fourth-order valence-electron chi connectivity index (χ4n) is 2.51. The van der Waals surface area contributed by atoms with Crippen molar-refractivity contribution in [1.82, 2.24) is 9.55 Å². The van der Waals surface area contributed by atoms with E-state index in [0.717, 1.165) is 21.4 Å². The summed E-state index contributed by atoms with van der Waals surface area (Å²) in [6.07, 6.45) is 5.43. The summed E-state index contributed by atoms with van der Waals surface area (Å²) >= 11 is 2.11. The Morgan fingerprint density at radius 3 is 2.46 bits per heavy atom. The van der Waals surface area contributed by atoms with Crippen molar-refractivity contribution in [2.45, 2.75) is 6.54 Å². The summed E-state index contributed by atoms with van der Waals surface area (Å²) in [4.78, 5) is 16.6. The van der Waals surface area contributed by atoms with Gasteiger partial charge in [-0.25, -0.2) is 4.98 Å². The van der Waals surface area contributed by atoms with Crippen LogP contribution in [-0.2, 0) is 6.54 Å². The number of halogens is 1. The van der Waals surface area contributed by atoms with Gasteiger partial charge in [-0.1, -0.05) is 12.1 Å². The number of hydrogen-bond donors (Lipinski definition) is 1. The highest BCUT2D eigenvalue weighted by molar-refractivity contribution is 14.1. The molecule has 2 aromatic carbocycles. The molecule has 0 saturated carbocycles. The van der Waals surface area contributed by atoms with Crippen LogP contribution >= 0.6 is 22.6 Å². The van der Waals surface area contributed by atoms with Crippen molar-refractivity contribution in [1.29, 1.82) is 0 Å². The van der Waals surface area contributed by atoms with E-state index in [4.69, 9.17) is 9.47 Å². The van der Waals surface area contributed by atoms with Gasteiger partial charge in [0.25, 0.3) is 5.91 Å². The van der Waals surface area contributed by atoms with Crippen molar-refractivity contribution in [3.05, 3.63) is 69.8 Å². The monoisotopic (exact) mass is 463 g/mol. The molecule has 134 valence electrons. The van der Waals surface area contributed by atoms with Gasteiger partial charge < -0.3 is 19.4 Å². The third-order valence-corrected chi connectivity index (χ3v) is 4.75. The molecular weight excluding hydrogens is 445 g/mol. The number of hydrogen-bond acceptors (Lipinski definition) is 4. The summed E-state index contributed by atoms with van der Waals surface area (Å²) < 4.78 is 13.3. The predicted molar refractivity (Wildman–Crippen MR) is 108 cm³/mol.